The van der Waals surface area contributed by atoms with Gasteiger partial charge in [0.05, 0.1) is 13.2 Å². The molecule has 0 radical (unpaired) electrons. The Morgan fingerprint density at radius 3 is 1.63 bits per heavy atom. The van der Waals surface area contributed by atoms with Crippen LogP contribution in [0.1, 0.15) is 155 Å². The van der Waals surface area contributed by atoms with Crippen molar-refractivity contribution in [2.75, 3.05) is 19.8 Å². The molecule has 1 aliphatic rings. The molecule has 326 valence electrons. The van der Waals surface area contributed by atoms with E-state index in [-0.39, 0.29) is 19.6 Å². The largest absolute Gasteiger partial charge is 0.462 e. The number of allylic oxidation sites excluding steroid dienone is 11. The number of hydrogen-bond donors (Lipinski definition) is 4. The van der Waals surface area contributed by atoms with Crippen LogP contribution in [0.4, 0.5) is 0 Å². The summed E-state index contributed by atoms with van der Waals surface area (Å²) in [5.74, 6) is -1.13. The first-order valence-corrected chi connectivity index (χ1v) is 22.1. The quantitative estimate of drug-likeness (QED) is 0.0161. The summed E-state index contributed by atoms with van der Waals surface area (Å²) in [5, 5.41) is 40.0. The van der Waals surface area contributed by atoms with Gasteiger partial charge in [-0.25, -0.2) is 4.79 Å². The molecule has 0 saturated carbocycles. The first-order chi connectivity index (χ1) is 27.8. The fraction of sp³-hybridized carbons (Fsp3) is 0.702. The van der Waals surface area contributed by atoms with Crippen LogP contribution in [0, 0.1) is 0 Å². The molecular weight excluding hydrogens is 725 g/mol. The SMILES string of the molecule is CCCCCCCC/C=C/CCCCCCCC(=O)OC[C@H](CO[C@@H]1O[C@H](CO)[C@H](O)[C@H](O)[C@H]1O)OC(=O)/C=C/C=C/C=C/C=C/C=C/CCCCCCCCC. The van der Waals surface area contributed by atoms with Crippen molar-refractivity contribution in [3.05, 3.63) is 72.9 Å². The van der Waals surface area contributed by atoms with E-state index in [1.165, 1.54) is 95.6 Å². The molecule has 10 heteroatoms. The molecular formula is C47H78O10. The molecule has 4 N–H and O–H groups in total. The molecule has 0 bridgehead atoms. The predicted molar refractivity (Wildman–Crippen MR) is 228 cm³/mol. The zero-order chi connectivity index (χ0) is 41.6. The Morgan fingerprint density at radius 2 is 1.07 bits per heavy atom. The molecule has 0 amide bonds. The minimum atomic E-state index is -1.62. The lowest BCUT2D eigenvalue weighted by Crippen LogP contribution is -2.59. The van der Waals surface area contributed by atoms with Crippen LogP contribution in [0.5, 0.6) is 0 Å². The van der Waals surface area contributed by atoms with Gasteiger partial charge in [0.1, 0.15) is 31.0 Å². The van der Waals surface area contributed by atoms with E-state index in [4.69, 9.17) is 18.9 Å². The van der Waals surface area contributed by atoms with Crippen molar-refractivity contribution in [2.24, 2.45) is 0 Å². The Balaban J connectivity index is 2.47. The average Bonchev–Trinajstić information content (AvgIpc) is 3.21. The van der Waals surface area contributed by atoms with Crippen molar-refractivity contribution in [3.8, 4) is 0 Å². The third kappa shape index (κ3) is 29.1. The second-order valence-corrected chi connectivity index (χ2v) is 15.0. The fourth-order valence-corrected chi connectivity index (χ4v) is 6.24. The second kappa shape index (κ2) is 37.4. The van der Waals surface area contributed by atoms with Crippen molar-refractivity contribution in [1.82, 2.24) is 0 Å². The Labute approximate surface area is 344 Å². The number of unbranched alkanes of at least 4 members (excludes halogenated alkanes) is 18. The monoisotopic (exact) mass is 803 g/mol. The second-order valence-electron chi connectivity index (χ2n) is 15.0. The maximum atomic E-state index is 12.6. The fourth-order valence-electron chi connectivity index (χ4n) is 6.24. The molecule has 1 saturated heterocycles. The summed E-state index contributed by atoms with van der Waals surface area (Å²) < 4.78 is 21.9. The lowest BCUT2D eigenvalue weighted by molar-refractivity contribution is -0.305. The highest BCUT2D eigenvalue weighted by atomic mass is 16.7. The van der Waals surface area contributed by atoms with Gasteiger partial charge < -0.3 is 39.4 Å². The van der Waals surface area contributed by atoms with E-state index >= 15 is 0 Å². The lowest BCUT2D eigenvalue weighted by Gasteiger charge is -2.39. The molecule has 0 aromatic carbocycles. The van der Waals surface area contributed by atoms with Gasteiger partial charge in [0, 0.05) is 12.5 Å². The molecule has 1 heterocycles. The highest BCUT2D eigenvalue weighted by Crippen LogP contribution is 2.22. The van der Waals surface area contributed by atoms with Gasteiger partial charge in [0.25, 0.3) is 0 Å². The van der Waals surface area contributed by atoms with Crippen LogP contribution in [0.3, 0.4) is 0 Å². The topological polar surface area (TPSA) is 152 Å². The zero-order valence-corrected chi connectivity index (χ0v) is 35.3. The smallest absolute Gasteiger partial charge is 0.331 e. The van der Waals surface area contributed by atoms with Gasteiger partial charge >= 0.3 is 11.9 Å². The van der Waals surface area contributed by atoms with Crippen molar-refractivity contribution in [2.45, 2.75) is 192 Å². The number of rotatable bonds is 35. The number of esters is 2. The maximum Gasteiger partial charge on any atom is 0.331 e. The summed E-state index contributed by atoms with van der Waals surface area (Å²) in [6.45, 7) is 3.23. The van der Waals surface area contributed by atoms with Gasteiger partial charge in [-0.3, -0.25) is 4.79 Å². The minimum absolute atomic E-state index is 0.231. The van der Waals surface area contributed by atoms with E-state index in [1.807, 2.05) is 24.3 Å². The summed E-state index contributed by atoms with van der Waals surface area (Å²) >= 11 is 0. The van der Waals surface area contributed by atoms with E-state index in [0.29, 0.717) is 6.42 Å². The molecule has 10 nitrogen and oxygen atoms in total. The molecule has 0 aliphatic carbocycles. The molecule has 57 heavy (non-hydrogen) atoms. The number of carbonyl (C=O) groups excluding carboxylic acids is 2. The summed E-state index contributed by atoms with van der Waals surface area (Å²) in [5.41, 5.74) is 0. The van der Waals surface area contributed by atoms with Gasteiger partial charge in [-0.15, -0.1) is 0 Å². The normalized spacial score (nSPS) is 21.0. The average molecular weight is 803 g/mol. The summed E-state index contributed by atoms with van der Waals surface area (Å²) in [6.07, 6.45) is 39.7. The standard InChI is InChI=1S/C47H78O10/c1-3-5-7-9-11-13-15-17-19-20-22-24-26-28-30-32-34-36-43(50)56-40(39-55-47-46(53)45(52)44(51)41(37-48)57-47)38-54-42(49)35-33-31-29-27-25-23-21-18-16-14-12-10-8-6-4-2/h18-22,24,26,28,30,32,34,36,40-41,44-48,51-53H,3-17,23,25,27,29,31,33,35,37-39H2,1-2H3/b20-19+,21-18+,24-22+,28-26+,32-30+,36-34+/t40-,41-,44+,45+,46-,47-/m1/s1. The summed E-state index contributed by atoms with van der Waals surface area (Å²) in [4.78, 5) is 25.2. The third-order valence-electron chi connectivity index (χ3n) is 9.77. The van der Waals surface area contributed by atoms with Crippen molar-refractivity contribution < 1.29 is 49.0 Å². The molecule has 0 spiro atoms. The number of aliphatic hydroxyl groups excluding tert-OH is 4. The van der Waals surface area contributed by atoms with Crippen LogP contribution in [-0.2, 0) is 28.5 Å². The van der Waals surface area contributed by atoms with Crippen molar-refractivity contribution in [1.29, 1.82) is 0 Å². The molecule has 0 aromatic heterocycles. The minimum Gasteiger partial charge on any atom is -0.462 e. The first-order valence-electron chi connectivity index (χ1n) is 22.1. The van der Waals surface area contributed by atoms with Crippen LogP contribution in [0.25, 0.3) is 0 Å². The van der Waals surface area contributed by atoms with Gasteiger partial charge in [0.2, 0.25) is 0 Å². The number of hydrogen-bond acceptors (Lipinski definition) is 10. The third-order valence-corrected chi connectivity index (χ3v) is 9.77. The lowest BCUT2D eigenvalue weighted by atomic mass is 9.99. The Morgan fingerprint density at radius 1 is 0.579 bits per heavy atom. The number of carbonyl (C=O) groups is 2. The molecule has 0 unspecified atom stereocenters. The van der Waals surface area contributed by atoms with Crippen LogP contribution >= 0.6 is 0 Å². The van der Waals surface area contributed by atoms with Crippen LogP contribution < -0.4 is 0 Å². The molecule has 1 rings (SSSR count). The zero-order valence-electron chi connectivity index (χ0n) is 35.3. The van der Waals surface area contributed by atoms with E-state index in [1.54, 1.807) is 12.2 Å². The summed E-state index contributed by atoms with van der Waals surface area (Å²) in [6, 6.07) is 0. The summed E-state index contributed by atoms with van der Waals surface area (Å²) in [7, 11) is 0. The highest BCUT2D eigenvalue weighted by Gasteiger charge is 2.44. The van der Waals surface area contributed by atoms with Gasteiger partial charge in [-0.05, 0) is 44.9 Å². The highest BCUT2D eigenvalue weighted by molar-refractivity contribution is 5.82. The molecule has 0 aromatic rings. The molecule has 6 atom stereocenters. The van der Waals surface area contributed by atoms with Crippen molar-refractivity contribution in [3.63, 3.8) is 0 Å². The van der Waals surface area contributed by atoms with E-state index in [9.17, 15) is 30.0 Å². The van der Waals surface area contributed by atoms with Crippen LogP contribution in [0.15, 0.2) is 72.9 Å². The van der Waals surface area contributed by atoms with Crippen LogP contribution in [-0.4, -0.2) is 89.0 Å². The maximum absolute atomic E-state index is 12.6. The van der Waals surface area contributed by atoms with Gasteiger partial charge in [-0.2, -0.15) is 0 Å². The predicted octanol–water partition coefficient (Wildman–Crippen LogP) is 9.22. The van der Waals surface area contributed by atoms with E-state index < -0.39 is 55.4 Å². The Hall–Kier alpha value is -2.86. The van der Waals surface area contributed by atoms with Crippen molar-refractivity contribution >= 4 is 11.9 Å². The number of aliphatic hydroxyl groups is 4. The van der Waals surface area contributed by atoms with Gasteiger partial charge in [0.15, 0.2) is 12.4 Å². The molecule has 1 aliphatic heterocycles. The Bertz CT molecular complexity index is 1160. The first kappa shape index (κ1) is 52.2. The molecule has 1 fully saturated rings. The van der Waals surface area contributed by atoms with Crippen LogP contribution in [0.2, 0.25) is 0 Å². The van der Waals surface area contributed by atoms with Gasteiger partial charge in [-0.1, -0.05) is 171 Å². The van der Waals surface area contributed by atoms with E-state index in [0.717, 1.165) is 44.9 Å². The Kier molecular flexibility index (Phi) is 34.2. The number of ether oxygens (including phenoxy) is 4. The van der Waals surface area contributed by atoms with E-state index in [2.05, 4.69) is 38.2 Å².